The van der Waals surface area contributed by atoms with Gasteiger partial charge in [0.1, 0.15) is 18.1 Å². The van der Waals surface area contributed by atoms with Crippen molar-refractivity contribution < 1.29 is 27.5 Å². The minimum Gasteiger partial charge on any atom is -0.497 e. The first-order chi connectivity index (χ1) is 13.9. The van der Waals surface area contributed by atoms with Gasteiger partial charge in [0.2, 0.25) is 0 Å². The highest BCUT2D eigenvalue weighted by atomic mass is 32.2. The molecule has 0 bridgehead atoms. The molecule has 0 fully saturated rings. The Morgan fingerprint density at radius 2 is 1.93 bits per heavy atom. The SMILES string of the molecule is COc1cccc(CNC(=O)COC(=O)CN=C2NS(=O)(=O)c3ccccc32)c1. The lowest BCUT2D eigenvalue weighted by atomic mass is 10.2. The Morgan fingerprint density at radius 1 is 1.14 bits per heavy atom. The number of nitrogens with zero attached hydrogens (tertiary/aromatic N) is 1. The first kappa shape index (κ1) is 20.3. The molecular formula is C19H19N3O6S. The summed E-state index contributed by atoms with van der Waals surface area (Å²) in [6.07, 6.45) is 0. The van der Waals surface area contributed by atoms with Gasteiger partial charge in [0, 0.05) is 12.1 Å². The van der Waals surface area contributed by atoms with Gasteiger partial charge in [-0.15, -0.1) is 0 Å². The van der Waals surface area contributed by atoms with Gasteiger partial charge in [-0.1, -0.05) is 24.3 Å². The number of nitrogens with one attached hydrogen (secondary N) is 2. The van der Waals surface area contributed by atoms with Crippen LogP contribution in [0.1, 0.15) is 11.1 Å². The zero-order chi connectivity index (χ0) is 20.9. The number of hydrogen-bond donors (Lipinski definition) is 2. The van der Waals surface area contributed by atoms with Crippen molar-refractivity contribution in [2.45, 2.75) is 11.4 Å². The molecule has 0 saturated carbocycles. The lowest BCUT2D eigenvalue weighted by Gasteiger charge is -2.07. The van der Waals surface area contributed by atoms with Gasteiger partial charge in [0.05, 0.1) is 12.0 Å². The van der Waals surface area contributed by atoms with Crippen LogP contribution in [0.5, 0.6) is 5.75 Å². The normalized spacial score (nSPS) is 15.3. The molecule has 2 aromatic rings. The number of sulfonamides is 1. The minimum atomic E-state index is -3.67. The van der Waals surface area contributed by atoms with Gasteiger partial charge in [-0.3, -0.25) is 19.3 Å². The van der Waals surface area contributed by atoms with E-state index in [2.05, 4.69) is 15.0 Å². The van der Waals surface area contributed by atoms with Crippen LogP contribution in [-0.4, -0.2) is 46.4 Å². The first-order valence-corrected chi connectivity index (χ1v) is 10.1. The predicted octanol–water partition coefficient (Wildman–Crippen LogP) is 0.593. The fourth-order valence-electron chi connectivity index (χ4n) is 2.62. The lowest BCUT2D eigenvalue weighted by molar-refractivity contribution is -0.147. The summed E-state index contributed by atoms with van der Waals surface area (Å²) in [5.41, 5.74) is 1.22. The number of carbonyl (C=O) groups excluding carboxylic acids is 2. The van der Waals surface area contributed by atoms with Crippen molar-refractivity contribution in [3.05, 3.63) is 59.7 Å². The molecule has 152 valence electrons. The van der Waals surface area contributed by atoms with Gasteiger partial charge in [0.25, 0.3) is 15.9 Å². The number of carbonyl (C=O) groups is 2. The van der Waals surface area contributed by atoms with Crippen LogP contribution >= 0.6 is 0 Å². The number of fused-ring (bicyclic) bond motifs is 1. The smallest absolute Gasteiger partial charge is 0.328 e. The molecule has 0 radical (unpaired) electrons. The number of rotatable bonds is 7. The molecule has 3 rings (SSSR count). The molecule has 9 nitrogen and oxygen atoms in total. The van der Waals surface area contributed by atoms with Gasteiger partial charge in [-0.05, 0) is 29.8 Å². The number of aliphatic imine (C=N–C) groups is 1. The Kier molecular flexibility index (Phi) is 6.13. The highest BCUT2D eigenvalue weighted by molar-refractivity contribution is 7.90. The van der Waals surface area contributed by atoms with Gasteiger partial charge in [-0.2, -0.15) is 0 Å². The zero-order valence-corrected chi connectivity index (χ0v) is 16.4. The van der Waals surface area contributed by atoms with Crippen LogP contribution in [0.2, 0.25) is 0 Å². The largest absolute Gasteiger partial charge is 0.497 e. The van der Waals surface area contributed by atoms with E-state index in [-0.39, 0.29) is 17.3 Å². The molecule has 1 heterocycles. The van der Waals surface area contributed by atoms with E-state index in [4.69, 9.17) is 9.47 Å². The molecular weight excluding hydrogens is 398 g/mol. The molecule has 0 spiro atoms. The topological polar surface area (TPSA) is 123 Å². The minimum absolute atomic E-state index is 0.0695. The van der Waals surface area contributed by atoms with Crippen molar-refractivity contribution in [2.24, 2.45) is 4.99 Å². The number of benzene rings is 2. The van der Waals surface area contributed by atoms with Crippen molar-refractivity contribution in [1.82, 2.24) is 10.0 Å². The summed E-state index contributed by atoms with van der Waals surface area (Å²) in [4.78, 5) is 27.7. The van der Waals surface area contributed by atoms with Crippen LogP contribution in [0.4, 0.5) is 0 Å². The summed E-state index contributed by atoms with van der Waals surface area (Å²) >= 11 is 0. The number of ether oxygens (including phenoxy) is 2. The van der Waals surface area contributed by atoms with Crippen LogP contribution in [0.15, 0.2) is 58.4 Å². The van der Waals surface area contributed by atoms with Gasteiger partial charge in [0.15, 0.2) is 6.61 Å². The summed E-state index contributed by atoms with van der Waals surface area (Å²) in [5.74, 6) is -0.482. The second-order valence-electron chi connectivity index (χ2n) is 6.06. The molecule has 29 heavy (non-hydrogen) atoms. The second kappa shape index (κ2) is 8.74. The lowest BCUT2D eigenvalue weighted by Crippen LogP contribution is -2.29. The third kappa shape index (κ3) is 5.11. The molecule has 2 aromatic carbocycles. The van der Waals surface area contributed by atoms with Crippen LogP contribution in [0.25, 0.3) is 0 Å². The maximum Gasteiger partial charge on any atom is 0.328 e. The standard InChI is InChI=1S/C19H19N3O6S/c1-27-14-6-4-5-13(9-14)10-20-17(23)12-28-18(24)11-21-19-15-7-2-3-8-16(15)29(25,26)22-19/h2-9H,10-12H2,1H3,(H,20,23)(H,21,22). The molecule has 0 aliphatic carbocycles. The Balaban J connectivity index is 1.48. The number of amides is 1. The molecule has 0 aromatic heterocycles. The Morgan fingerprint density at radius 3 is 2.72 bits per heavy atom. The predicted molar refractivity (Wildman–Crippen MR) is 104 cm³/mol. The van der Waals surface area contributed by atoms with E-state index in [0.717, 1.165) is 5.56 Å². The van der Waals surface area contributed by atoms with Crippen molar-refractivity contribution in [1.29, 1.82) is 0 Å². The highest BCUT2D eigenvalue weighted by Gasteiger charge is 2.30. The van der Waals surface area contributed by atoms with Crippen LogP contribution in [-0.2, 0) is 30.9 Å². The summed E-state index contributed by atoms with van der Waals surface area (Å²) in [7, 11) is -2.12. The molecule has 1 aliphatic rings. The molecule has 0 saturated heterocycles. The van der Waals surface area contributed by atoms with Gasteiger partial charge >= 0.3 is 5.97 Å². The molecule has 0 atom stereocenters. The Hall–Kier alpha value is -3.40. The van der Waals surface area contributed by atoms with Gasteiger partial charge in [-0.25, -0.2) is 8.42 Å². The third-order valence-corrected chi connectivity index (χ3v) is 5.41. The number of amidine groups is 1. The van der Waals surface area contributed by atoms with E-state index in [1.54, 1.807) is 43.5 Å². The molecule has 2 N–H and O–H groups in total. The van der Waals surface area contributed by atoms with Crippen molar-refractivity contribution in [2.75, 3.05) is 20.3 Å². The van der Waals surface area contributed by atoms with E-state index < -0.39 is 35.1 Å². The number of hydrogen-bond acceptors (Lipinski definition) is 7. The fourth-order valence-corrected chi connectivity index (χ4v) is 3.87. The zero-order valence-electron chi connectivity index (χ0n) is 15.5. The summed E-state index contributed by atoms with van der Waals surface area (Å²) in [6.45, 7) is -0.625. The molecule has 1 amide bonds. The quantitative estimate of drug-likeness (QED) is 0.636. The Labute approximate surface area is 167 Å². The van der Waals surface area contributed by atoms with Crippen molar-refractivity contribution >= 4 is 27.7 Å². The summed E-state index contributed by atoms with van der Waals surface area (Å²) in [6, 6.07) is 13.5. The molecule has 0 unspecified atom stereocenters. The van der Waals surface area contributed by atoms with Crippen LogP contribution in [0, 0.1) is 0 Å². The van der Waals surface area contributed by atoms with Gasteiger partial charge < -0.3 is 14.8 Å². The average Bonchev–Trinajstić information content (AvgIpc) is 3.00. The maximum atomic E-state index is 12.0. The Bertz CT molecular complexity index is 1070. The maximum absolute atomic E-state index is 12.0. The molecule has 1 aliphatic heterocycles. The second-order valence-corrected chi connectivity index (χ2v) is 7.71. The number of methoxy groups -OCH3 is 1. The molecule has 10 heteroatoms. The van der Waals surface area contributed by atoms with Crippen molar-refractivity contribution in [3.63, 3.8) is 0 Å². The van der Waals surface area contributed by atoms with Crippen molar-refractivity contribution in [3.8, 4) is 5.75 Å². The highest BCUT2D eigenvalue weighted by Crippen LogP contribution is 2.22. The number of esters is 1. The van der Waals surface area contributed by atoms with E-state index in [9.17, 15) is 18.0 Å². The first-order valence-electron chi connectivity index (χ1n) is 8.61. The monoisotopic (exact) mass is 417 g/mol. The third-order valence-electron chi connectivity index (χ3n) is 4.02. The summed E-state index contributed by atoms with van der Waals surface area (Å²) in [5, 5.41) is 2.63. The summed E-state index contributed by atoms with van der Waals surface area (Å²) < 4.78 is 36.2. The fraction of sp³-hybridized carbons (Fsp3) is 0.211. The van der Waals surface area contributed by atoms with E-state index in [1.165, 1.54) is 6.07 Å². The average molecular weight is 417 g/mol. The van der Waals surface area contributed by atoms with E-state index in [0.29, 0.717) is 11.3 Å². The van der Waals surface area contributed by atoms with E-state index in [1.807, 2.05) is 6.07 Å². The van der Waals surface area contributed by atoms with E-state index >= 15 is 0 Å². The van der Waals surface area contributed by atoms with Crippen LogP contribution in [0.3, 0.4) is 0 Å². The van der Waals surface area contributed by atoms with Crippen LogP contribution < -0.4 is 14.8 Å².